The van der Waals surface area contributed by atoms with Crippen molar-refractivity contribution in [3.63, 3.8) is 0 Å². The fourth-order valence-corrected chi connectivity index (χ4v) is 3.41. The number of ether oxygens (including phenoxy) is 2. The summed E-state index contributed by atoms with van der Waals surface area (Å²) in [6.07, 6.45) is -0.510. The van der Waals surface area contributed by atoms with Crippen LogP contribution in [0.3, 0.4) is 0 Å². The summed E-state index contributed by atoms with van der Waals surface area (Å²) in [4.78, 5) is 54.5. The van der Waals surface area contributed by atoms with Crippen molar-refractivity contribution in [2.24, 2.45) is 0 Å². The highest BCUT2D eigenvalue weighted by molar-refractivity contribution is 7.50. The third-order valence-electron chi connectivity index (χ3n) is 3.73. The van der Waals surface area contributed by atoms with Crippen LogP contribution in [0, 0.1) is 0 Å². The van der Waals surface area contributed by atoms with Crippen molar-refractivity contribution < 1.29 is 38.2 Å². The molecule has 0 fully saturated rings. The summed E-state index contributed by atoms with van der Waals surface area (Å²) in [6.45, 7) is 1.22. The van der Waals surface area contributed by atoms with Gasteiger partial charge in [0.25, 0.3) is 0 Å². The maximum absolute atomic E-state index is 12.3. The molecule has 144 valence electrons. The molecule has 0 atom stereocenters. The zero-order valence-corrected chi connectivity index (χ0v) is 15.7. The molecular formula is C17H18NO8P. The third kappa shape index (κ3) is 4.51. The van der Waals surface area contributed by atoms with Crippen LogP contribution in [0.4, 0.5) is 5.69 Å². The van der Waals surface area contributed by atoms with Crippen LogP contribution in [0.1, 0.15) is 33.2 Å². The van der Waals surface area contributed by atoms with E-state index in [2.05, 4.69) is 5.32 Å². The van der Waals surface area contributed by atoms with E-state index in [4.69, 9.17) is 19.3 Å². The summed E-state index contributed by atoms with van der Waals surface area (Å²) < 4.78 is 20.8. The normalized spacial score (nSPS) is 11.1. The highest BCUT2D eigenvalue weighted by atomic mass is 31.2. The Bertz CT molecular complexity index is 879. The fraction of sp³-hybridized carbons (Fsp3) is 0.235. The van der Waals surface area contributed by atoms with Gasteiger partial charge < -0.3 is 24.6 Å². The molecular weight excluding hydrogens is 377 g/mol. The quantitative estimate of drug-likeness (QED) is 0.516. The van der Waals surface area contributed by atoms with E-state index in [0.29, 0.717) is 5.56 Å². The Labute approximate surface area is 154 Å². The number of rotatable bonds is 5. The lowest BCUT2D eigenvalue weighted by atomic mass is 10.1. The Kier molecular flexibility index (Phi) is 6.00. The average molecular weight is 395 g/mol. The summed E-state index contributed by atoms with van der Waals surface area (Å²) in [5.41, 5.74) is 0.681. The molecule has 0 aromatic heterocycles. The van der Waals surface area contributed by atoms with Gasteiger partial charge in [-0.2, -0.15) is 0 Å². The van der Waals surface area contributed by atoms with Crippen LogP contribution in [0.2, 0.25) is 0 Å². The molecule has 9 nitrogen and oxygen atoms in total. The minimum Gasteiger partial charge on any atom is -0.465 e. The van der Waals surface area contributed by atoms with Crippen LogP contribution in [-0.2, 0) is 25.0 Å². The molecule has 0 aromatic carbocycles. The van der Waals surface area contributed by atoms with Crippen LogP contribution < -0.4 is 5.32 Å². The average Bonchev–Trinajstić information content (AvgIpc) is 2.73. The van der Waals surface area contributed by atoms with E-state index < -0.39 is 31.6 Å². The van der Waals surface area contributed by atoms with E-state index >= 15 is 0 Å². The van der Waals surface area contributed by atoms with Gasteiger partial charge in [-0.25, -0.2) is 9.59 Å². The number of carbonyl (C=O) groups is 3. The molecule has 0 saturated heterocycles. The second kappa shape index (κ2) is 7.87. The van der Waals surface area contributed by atoms with Crippen molar-refractivity contribution in [3.8, 4) is 11.1 Å². The summed E-state index contributed by atoms with van der Waals surface area (Å²) in [5.74, 6) is -2.09. The molecule has 0 radical (unpaired) electrons. The van der Waals surface area contributed by atoms with E-state index in [1.807, 2.05) is 0 Å². The predicted molar refractivity (Wildman–Crippen MR) is 95.8 cm³/mol. The Morgan fingerprint density at radius 3 is 1.74 bits per heavy atom. The monoisotopic (exact) mass is 395 g/mol. The van der Waals surface area contributed by atoms with Crippen molar-refractivity contribution in [1.82, 2.24) is 0 Å². The molecule has 0 spiro atoms. The van der Waals surface area contributed by atoms with Crippen molar-refractivity contribution in [1.29, 1.82) is 0 Å². The second-order valence-electron chi connectivity index (χ2n) is 5.68. The molecule has 0 unspecified atom stereocenters. The zero-order chi connectivity index (χ0) is 20.4. The zero-order valence-electron chi connectivity index (χ0n) is 14.8. The van der Waals surface area contributed by atoms with E-state index in [0.717, 1.165) is 14.2 Å². The van der Waals surface area contributed by atoms with Crippen molar-refractivity contribution in [3.05, 3.63) is 41.0 Å². The first-order chi connectivity index (χ1) is 12.6. The highest BCUT2D eigenvalue weighted by Crippen LogP contribution is 2.43. The summed E-state index contributed by atoms with van der Waals surface area (Å²) in [5, 5.41) is 2.46. The van der Waals surface area contributed by atoms with Crippen molar-refractivity contribution in [2.75, 3.05) is 19.5 Å². The standard InChI is InChI=1S/C17H18NO8P/c1-9(19)18-15-13(16(20)25-2)11-6-4-10(8-27(22,23)24)5-7-12(11)14(15)17(21)26-3/h4-7H,8H2,1-3H3,(H,18,19)(H2,22,23,24). The largest absolute Gasteiger partial charge is 0.465 e. The van der Waals surface area contributed by atoms with Gasteiger partial charge in [-0.1, -0.05) is 24.3 Å². The number of fused-ring (bicyclic) bond motifs is 1. The van der Waals surface area contributed by atoms with Crippen molar-refractivity contribution in [2.45, 2.75) is 13.1 Å². The first-order valence-corrected chi connectivity index (χ1v) is 9.46. The second-order valence-corrected chi connectivity index (χ2v) is 7.33. The van der Waals surface area contributed by atoms with Crippen LogP contribution in [-0.4, -0.2) is 41.9 Å². The number of methoxy groups -OCH3 is 2. The molecule has 2 aliphatic carbocycles. The smallest absolute Gasteiger partial charge is 0.340 e. The van der Waals surface area contributed by atoms with Gasteiger partial charge in [0.15, 0.2) is 0 Å². The number of esters is 2. The topological polar surface area (TPSA) is 139 Å². The molecule has 0 saturated carbocycles. The molecule has 27 heavy (non-hydrogen) atoms. The Morgan fingerprint density at radius 2 is 1.41 bits per heavy atom. The molecule has 1 amide bonds. The number of carbonyl (C=O) groups excluding carboxylic acids is 3. The summed E-state index contributed by atoms with van der Waals surface area (Å²) in [7, 11) is -2.01. The van der Waals surface area contributed by atoms with E-state index in [-0.39, 0.29) is 27.9 Å². The maximum atomic E-state index is 12.3. The van der Waals surface area contributed by atoms with Gasteiger partial charge in [-0.3, -0.25) is 9.36 Å². The van der Waals surface area contributed by atoms with Gasteiger partial charge >= 0.3 is 19.5 Å². The summed E-state index contributed by atoms with van der Waals surface area (Å²) in [6, 6.07) is 5.72. The fourth-order valence-electron chi connectivity index (χ4n) is 2.72. The molecule has 10 heteroatoms. The van der Waals surface area contributed by atoms with Crippen LogP contribution in [0.5, 0.6) is 0 Å². The van der Waals surface area contributed by atoms with Crippen molar-refractivity contribution >= 4 is 31.1 Å². The molecule has 3 N–H and O–H groups in total. The molecule has 0 aromatic rings. The first-order valence-electron chi connectivity index (χ1n) is 7.66. The number of amides is 1. The molecule has 0 bridgehead atoms. The lowest BCUT2D eigenvalue weighted by Crippen LogP contribution is -2.13. The lowest BCUT2D eigenvalue weighted by molar-refractivity contribution is -0.114. The van der Waals surface area contributed by atoms with Gasteiger partial charge in [0.05, 0.1) is 37.2 Å². The molecule has 2 rings (SSSR count). The van der Waals surface area contributed by atoms with Crippen LogP contribution in [0.15, 0.2) is 24.3 Å². The number of hydrogen-bond donors (Lipinski definition) is 3. The predicted octanol–water partition coefficient (Wildman–Crippen LogP) is 2.00. The van der Waals surface area contributed by atoms with Gasteiger partial charge in [-0.05, 0) is 16.7 Å². The Hall–Kier alpha value is -2.74. The van der Waals surface area contributed by atoms with Gasteiger partial charge in [0.1, 0.15) is 0 Å². The Balaban J connectivity index is 2.84. The van der Waals surface area contributed by atoms with Crippen LogP contribution >= 0.6 is 7.60 Å². The third-order valence-corrected chi connectivity index (χ3v) is 4.50. The first kappa shape index (κ1) is 20.6. The minimum atomic E-state index is -4.31. The molecule has 2 aliphatic rings. The van der Waals surface area contributed by atoms with Gasteiger partial charge in [0.2, 0.25) is 5.91 Å². The summed E-state index contributed by atoms with van der Waals surface area (Å²) >= 11 is 0. The van der Waals surface area contributed by atoms with E-state index in [1.54, 1.807) is 0 Å². The Morgan fingerprint density at radius 1 is 0.963 bits per heavy atom. The van der Waals surface area contributed by atoms with E-state index in [9.17, 15) is 18.9 Å². The van der Waals surface area contributed by atoms with E-state index in [1.165, 1.54) is 31.2 Å². The number of nitrogens with one attached hydrogen (secondary N) is 1. The maximum Gasteiger partial charge on any atom is 0.340 e. The minimum absolute atomic E-state index is 0.0426. The number of hydrogen-bond acceptors (Lipinski definition) is 6. The number of anilines is 1. The SMILES string of the molecule is COC(=O)c1c2ccc(CP(=O)(O)O)ccc-2c(C(=O)OC)c1NC(C)=O. The van der Waals surface area contributed by atoms with Gasteiger partial charge in [0, 0.05) is 6.92 Å². The lowest BCUT2D eigenvalue weighted by Gasteiger charge is -2.07. The highest BCUT2D eigenvalue weighted by Gasteiger charge is 2.32. The molecule has 0 heterocycles. The molecule has 0 aliphatic heterocycles. The van der Waals surface area contributed by atoms with Crippen LogP contribution in [0.25, 0.3) is 11.1 Å². The van der Waals surface area contributed by atoms with Gasteiger partial charge in [-0.15, -0.1) is 0 Å².